The van der Waals surface area contributed by atoms with E-state index in [4.69, 9.17) is 10.5 Å². The van der Waals surface area contributed by atoms with Crippen LogP contribution < -0.4 is 10.5 Å². The summed E-state index contributed by atoms with van der Waals surface area (Å²) in [5.41, 5.74) is 5.43. The molecule has 0 amide bonds. The number of benzene rings is 1. The third-order valence-corrected chi connectivity index (χ3v) is 5.15. The highest BCUT2D eigenvalue weighted by molar-refractivity contribution is 7.92. The minimum Gasteiger partial charge on any atom is -0.494 e. The zero-order chi connectivity index (χ0) is 13.3. The maximum absolute atomic E-state index is 13.5. The van der Waals surface area contributed by atoms with Gasteiger partial charge in [-0.25, -0.2) is 12.8 Å². The Morgan fingerprint density at radius 3 is 2.41 bits per heavy atom. The molecule has 0 heterocycles. The Labute approximate surface area is 101 Å². The van der Waals surface area contributed by atoms with E-state index in [-0.39, 0.29) is 17.2 Å². The lowest BCUT2D eigenvalue weighted by Crippen LogP contribution is -2.39. The first-order valence-electron chi connectivity index (χ1n) is 5.04. The summed E-state index contributed by atoms with van der Waals surface area (Å²) in [7, 11) is -2.34. The Kier molecular flexibility index (Phi) is 3.78. The number of nitrogens with two attached hydrogens (primary N) is 1. The molecule has 0 fully saturated rings. The number of hydrogen-bond acceptors (Lipinski definition) is 4. The Hall–Kier alpha value is -1.14. The van der Waals surface area contributed by atoms with Gasteiger partial charge in [0.1, 0.15) is 0 Å². The fourth-order valence-corrected chi connectivity index (χ4v) is 2.61. The fourth-order valence-electron chi connectivity index (χ4n) is 1.24. The van der Waals surface area contributed by atoms with Gasteiger partial charge in [-0.1, -0.05) is 0 Å². The van der Waals surface area contributed by atoms with Gasteiger partial charge in [-0.05, 0) is 32.0 Å². The molecule has 96 valence electrons. The molecule has 6 heteroatoms. The van der Waals surface area contributed by atoms with Crippen molar-refractivity contribution in [3.05, 3.63) is 24.0 Å². The highest BCUT2D eigenvalue weighted by Crippen LogP contribution is 2.27. The maximum atomic E-state index is 13.5. The van der Waals surface area contributed by atoms with E-state index in [1.165, 1.54) is 33.1 Å². The Bertz CT molecular complexity index is 511. The summed E-state index contributed by atoms with van der Waals surface area (Å²) in [5, 5.41) is 0. The molecular formula is C11H16FNO3S. The average molecular weight is 261 g/mol. The van der Waals surface area contributed by atoms with Crippen molar-refractivity contribution in [1.29, 1.82) is 0 Å². The zero-order valence-electron chi connectivity index (χ0n) is 10.0. The fraction of sp³-hybridized carbons (Fsp3) is 0.455. The summed E-state index contributed by atoms with van der Waals surface area (Å²) in [6, 6.07) is 3.55. The molecule has 0 saturated heterocycles. The summed E-state index contributed by atoms with van der Waals surface area (Å²) in [4.78, 5) is -0.0914. The van der Waals surface area contributed by atoms with Gasteiger partial charge in [0.05, 0.1) is 16.8 Å². The van der Waals surface area contributed by atoms with E-state index in [1.807, 2.05) is 0 Å². The van der Waals surface area contributed by atoms with Crippen molar-refractivity contribution >= 4 is 9.84 Å². The van der Waals surface area contributed by atoms with E-state index in [9.17, 15) is 12.8 Å². The molecular weight excluding hydrogens is 245 g/mol. The molecule has 0 aliphatic rings. The van der Waals surface area contributed by atoms with Crippen molar-refractivity contribution in [2.45, 2.75) is 23.5 Å². The summed E-state index contributed by atoms with van der Waals surface area (Å²) >= 11 is 0. The van der Waals surface area contributed by atoms with Crippen molar-refractivity contribution in [3.63, 3.8) is 0 Å². The third kappa shape index (κ3) is 2.42. The van der Waals surface area contributed by atoms with Crippen molar-refractivity contribution < 1.29 is 17.5 Å². The lowest BCUT2D eigenvalue weighted by atomic mass is 10.2. The van der Waals surface area contributed by atoms with Crippen LogP contribution in [0.3, 0.4) is 0 Å². The van der Waals surface area contributed by atoms with Gasteiger partial charge < -0.3 is 10.5 Å². The van der Waals surface area contributed by atoms with E-state index < -0.39 is 20.4 Å². The molecule has 17 heavy (non-hydrogen) atoms. The number of rotatable bonds is 4. The van der Waals surface area contributed by atoms with Gasteiger partial charge >= 0.3 is 0 Å². The second kappa shape index (κ2) is 4.62. The molecule has 0 aliphatic heterocycles. The average Bonchev–Trinajstić information content (AvgIpc) is 2.28. The zero-order valence-corrected chi connectivity index (χ0v) is 10.8. The molecule has 1 rings (SSSR count). The van der Waals surface area contributed by atoms with E-state index >= 15 is 0 Å². The van der Waals surface area contributed by atoms with Crippen LogP contribution in [-0.4, -0.2) is 26.8 Å². The number of ether oxygens (including phenoxy) is 1. The van der Waals surface area contributed by atoms with Crippen molar-refractivity contribution in [1.82, 2.24) is 0 Å². The van der Waals surface area contributed by atoms with Crippen LogP contribution in [-0.2, 0) is 9.84 Å². The van der Waals surface area contributed by atoms with Crippen molar-refractivity contribution in [2.24, 2.45) is 5.73 Å². The summed E-state index contributed by atoms with van der Waals surface area (Å²) < 4.78 is 41.4. The van der Waals surface area contributed by atoms with Gasteiger partial charge in [0.15, 0.2) is 21.4 Å². The SMILES string of the molecule is COc1ccc(S(=O)(=O)C(C)(C)CN)cc1F. The monoisotopic (exact) mass is 261 g/mol. The minimum atomic E-state index is -3.66. The minimum absolute atomic E-state index is 0.00880. The van der Waals surface area contributed by atoms with E-state index in [0.29, 0.717) is 0 Å². The number of sulfone groups is 1. The highest BCUT2D eigenvalue weighted by Gasteiger charge is 2.34. The van der Waals surface area contributed by atoms with Crippen LogP contribution in [0.2, 0.25) is 0 Å². The highest BCUT2D eigenvalue weighted by atomic mass is 32.2. The molecule has 0 atom stereocenters. The maximum Gasteiger partial charge on any atom is 0.184 e. The number of methoxy groups -OCH3 is 1. The van der Waals surface area contributed by atoms with Gasteiger partial charge in [-0.15, -0.1) is 0 Å². The Morgan fingerprint density at radius 2 is 2.00 bits per heavy atom. The normalized spacial score (nSPS) is 12.5. The number of hydrogen-bond donors (Lipinski definition) is 1. The van der Waals surface area contributed by atoms with Crippen LogP contribution in [0.15, 0.2) is 23.1 Å². The molecule has 0 bridgehead atoms. The molecule has 4 nitrogen and oxygen atoms in total. The third-order valence-electron chi connectivity index (χ3n) is 2.65. The summed E-state index contributed by atoms with van der Waals surface area (Å²) in [5.74, 6) is -0.698. The van der Waals surface area contributed by atoms with Crippen molar-refractivity contribution in [3.8, 4) is 5.75 Å². The molecule has 0 aromatic heterocycles. The van der Waals surface area contributed by atoms with Gasteiger partial charge in [0.25, 0.3) is 0 Å². The van der Waals surface area contributed by atoms with Crippen LogP contribution in [0.4, 0.5) is 4.39 Å². The van der Waals surface area contributed by atoms with E-state index in [0.717, 1.165) is 6.07 Å². The van der Waals surface area contributed by atoms with Crippen molar-refractivity contribution in [2.75, 3.05) is 13.7 Å². The van der Waals surface area contributed by atoms with Gasteiger partial charge in [-0.3, -0.25) is 0 Å². The van der Waals surface area contributed by atoms with E-state index in [1.54, 1.807) is 0 Å². The number of halogens is 1. The largest absolute Gasteiger partial charge is 0.494 e. The van der Waals surface area contributed by atoms with Gasteiger partial charge in [-0.2, -0.15) is 0 Å². The quantitative estimate of drug-likeness (QED) is 0.888. The summed E-state index contributed by atoms with van der Waals surface area (Å²) in [6.45, 7) is 2.97. The first-order valence-corrected chi connectivity index (χ1v) is 6.53. The first-order chi connectivity index (χ1) is 7.76. The second-order valence-corrected chi connectivity index (χ2v) is 6.85. The molecule has 0 saturated carbocycles. The molecule has 1 aromatic rings. The van der Waals surface area contributed by atoms with Crippen LogP contribution >= 0.6 is 0 Å². The van der Waals surface area contributed by atoms with Gasteiger partial charge in [0, 0.05) is 6.54 Å². The topological polar surface area (TPSA) is 69.4 Å². The van der Waals surface area contributed by atoms with Gasteiger partial charge in [0.2, 0.25) is 0 Å². The first kappa shape index (κ1) is 13.9. The predicted molar refractivity (Wildman–Crippen MR) is 63.3 cm³/mol. The molecule has 2 N–H and O–H groups in total. The van der Waals surface area contributed by atoms with Crippen LogP contribution in [0.25, 0.3) is 0 Å². The Morgan fingerprint density at radius 1 is 1.41 bits per heavy atom. The van der Waals surface area contributed by atoms with Crippen LogP contribution in [0, 0.1) is 5.82 Å². The summed E-state index contributed by atoms with van der Waals surface area (Å²) in [6.07, 6.45) is 0. The van der Waals surface area contributed by atoms with Crippen LogP contribution in [0.1, 0.15) is 13.8 Å². The predicted octanol–water partition coefficient (Wildman–Crippen LogP) is 1.35. The Balaban J connectivity index is 3.31. The molecule has 0 unspecified atom stereocenters. The second-order valence-electron chi connectivity index (χ2n) is 4.26. The smallest absolute Gasteiger partial charge is 0.184 e. The lowest BCUT2D eigenvalue weighted by Gasteiger charge is -2.22. The standard InChI is InChI=1S/C11H16FNO3S/c1-11(2,7-13)17(14,15)8-4-5-10(16-3)9(12)6-8/h4-6H,7,13H2,1-3H3. The van der Waals surface area contributed by atoms with E-state index in [2.05, 4.69) is 0 Å². The molecule has 1 aromatic carbocycles. The molecule has 0 aliphatic carbocycles. The molecule has 0 spiro atoms. The molecule has 0 radical (unpaired) electrons. The van der Waals surface area contributed by atoms with Crippen LogP contribution in [0.5, 0.6) is 5.75 Å². The lowest BCUT2D eigenvalue weighted by molar-refractivity contribution is 0.385.